The first kappa shape index (κ1) is 14.8. The van der Waals surface area contributed by atoms with Crippen LogP contribution in [-0.4, -0.2) is 19.3 Å². The summed E-state index contributed by atoms with van der Waals surface area (Å²) in [7, 11) is 0. The molecule has 0 aliphatic rings. The summed E-state index contributed by atoms with van der Waals surface area (Å²) in [6.45, 7) is 7.58. The minimum atomic E-state index is 0.150. The van der Waals surface area contributed by atoms with Gasteiger partial charge in [0.15, 0.2) is 0 Å². The van der Waals surface area contributed by atoms with Crippen LogP contribution in [0.3, 0.4) is 0 Å². The molecule has 0 spiro atoms. The second kappa shape index (κ2) is 7.22. The molecule has 1 N–H and O–H groups in total. The summed E-state index contributed by atoms with van der Waals surface area (Å²) in [5.41, 5.74) is 1.02. The van der Waals surface area contributed by atoms with E-state index in [1.165, 1.54) is 0 Å². The molecule has 17 heavy (non-hydrogen) atoms. The van der Waals surface area contributed by atoms with Crippen LogP contribution in [0.15, 0.2) is 18.2 Å². The lowest BCUT2D eigenvalue weighted by Crippen LogP contribution is -2.33. The van der Waals surface area contributed by atoms with Crippen LogP contribution in [0.1, 0.15) is 32.4 Å². The smallest absolute Gasteiger partial charge is 0.0639 e. The number of hydrogen-bond donors (Lipinski definition) is 1. The number of benzene rings is 1. The molecule has 1 aromatic rings. The van der Waals surface area contributed by atoms with Crippen molar-refractivity contribution in [1.29, 1.82) is 0 Å². The van der Waals surface area contributed by atoms with E-state index in [0.717, 1.165) is 12.2 Å². The molecule has 2 unspecified atom stereocenters. The van der Waals surface area contributed by atoms with Crippen LogP contribution in [0.2, 0.25) is 10.0 Å². The van der Waals surface area contributed by atoms with E-state index in [9.17, 15) is 0 Å². The Morgan fingerprint density at radius 2 is 2.00 bits per heavy atom. The van der Waals surface area contributed by atoms with E-state index in [-0.39, 0.29) is 12.1 Å². The van der Waals surface area contributed by atoms with Crippen LogP contribution < -0.4 is 5.32 Å². The van der Waals surface area contributed by atoms with Crippen LogP contribution in [0, 0.1) is 0 Å². The minimum absolute atomic E-state index is 0.150. The van der Waals surface area contributed by atoms with E-state index in [1.54, 1.807) is 6.07 Å². The number of hydrogen-bond acceptors (Lipinski definition) is 2. The van der Waals surface area contributed by atoms with Gasteiger partial charge in [-0.3, -0.25) is 0 Å². The van der Waals surface area contributed by atoms with Crippen molar-refractivity contribution < 1.29 is 4.74 Å². The van der Waals surface area contributed by atoms with Crippen molar-refractivity contribution in [1.82, 2.24) is 5.32 Å². The van der Waals surface area contributed by atoms with Crippen molar-refractivity contribution in [2.45, 2.75) is 32.9 Å². The highest BCUT2D eigenvalue weighted by Gasteiger charge is 2.13. The van der Waals surface area contributed by atoms with Gasteiger partial charge in [0.05, 0.1) is 16.7 Å². The molecule has 2 nitrogen and oxygen atoms in total. The Bertz CT molecular complexity index is 357. The predicted molar refractivity (Wildman–Crippen MR) is 74.0 cm³/mol. The fraction of sp³-hybridized carbons (Fsp3) is 0.538. The Kier molecular flexibility index (Phi) is 6.28. The maximum Gasteiger partial charge on any atom is 0.0639 e. The summed E-state index contributed by atoms with van der Waals surface area (Å²) in [5.74, 6) is 0. The van der Waals surface area contributed by atoms with Gasteiger partial charge in [0.2, 0.25) is 0 Å². The topological polar surface area (TPSA) is 21.3 Å². The molecule has 0 amide bonds. The second-order valence-electron chi connectivity index (χ2n) is 4.09. The maximum atomic E-state index is 6.17. The van der Waals surface area contributed by atoms with Gasteiger partial charge in [0.1, 0.15) is 0 Å². The van der Waals surface area contributed by atoms with Gasteiger partial charge in [-0.05, 0) is 32.4 Å². The lowest BCUT2D eigenvalue weighted by molar-refractivity contribution is 0.124. The van der Waals surface area contributed by atoms with E-state index >= 15 is 0 Å². The van der Waals surface area contributed by atoms with Crippen molar-refractivity contribution >= 4 is 23.2 Å². The molecule has 1 rings (SSSR count). The van der Waals surface area contributed by atoms with E-state index in [4.69, 9.17) is 27.9 Å². The number of rotatable bonds is 6. The predicted octanol–water partition coefficient (Wildman–Crippen LogP) is 4.07. The zero-order valence-electron chi connectivity index (χ0n) is 10.5. The van der Waals surface area contributed by atoms with Crippen molar-refractivity contribution in [2.75, 3.05) is 13.2 Å². The molecule has 0 saturated heterocycles. The third-order valence-corrected chi connectivity index (χ3v) is 3.39. The number of ether oxygens (including phenoxy) is 1. The summed E-state index contributed by atoms with van der Waals surface area (Å²) in [5, 5.41) is 4.65. The van der Waals surface area contributed by atoms with Crippen molar-refractivity contribution in [3.8, 4) is 0 Å². The highest BCUT2D eigenvalue weighted by molar-refractivity contribution is 6.42. The Labute approximate surface area is 113 Å². The van der Waals surface area contributed by atoms with Crippen LogP contribution >= 0.6 is 23.2 Å². The lowest BCUT2D eigenvalue weighted by atomic mass is 10.1. The number of halogens is 2. The van der Waals surface area contributed by atoms with E-state index in [1.807, 2.05) is 19.1 Å². The molecule has 0 heterocycles. The number of nitrogens with one attached hydrogen (secondary N) is 1. The van der Waals surface area contributed by atoms with Crippen molar-refractivity contribution in [3.63, 3.8) is 0 Å². The molecule has 0 fully saturated rings. The van der Waals surface area contributed by atoms with E-state index < -0.39 is 0 Å². The summed E-state index contributed by atoms with van der Waals surface area (Å²) in [4.78, 5) is 0. The molecule has 0 aliphatic heterocycles. The van der Waals surface area contributed by atoms with Gasteiger partial charge < -0.3 is 10.1 Å². The fourth-order valence-corrected chi connectivity index (χ4v) is 2.19. The molecule has 1 aromatic carbocycles. The van der Waals surface area contributed by atoms with Gasteiger partial charge in [-0.25, -0.2) is 0 Å². The molecule has 0 aromatic heterocycles. The van der Waals surface area contributed by atoms with Crippen LogP contribution in [0.4, 0.5) is 0 Å². The SMILES string of the molecule is CCOCC(C)NC(C)c1cccc(Cl)c1Cl. The molecule has 0 saturated carbocycles. The maximum absolute atomic E-state index is 6.17. The quantitative estimate of drug-likeness (QED) is 0.845. The van der Waals surface area contributed by atoms with Gasteiger partial charge in [-0.2, -0.15) is 0 Å². The van der Waals surface area contributed by atoms with Crippen LogP contribution in [0.25, 0.3) is 0 Å². The van der Waals surface area contributed by atoms with E-state index in [2.05, 4.69) is 19.2 Å². The monoisotopic (exact) mass is 275 g/mol. The molecule has 0 aliphatic carbocycles. The van der Waals surface area contributed by atoms with Crippen molar-refractivity contribution in [2.24, 2.45) is 0 Å². The zero-order chi connectivity index (χ0) is 12.8. The Hall–Kier alpha value is -0.280. The third kappa shape index (κ3) is 4.47. The molecule has 4 heteroatoms. The summed E-state index contributed by atoms with van der Waals surface area (Å²) >= 11 is 12.2. The second-order valence-corrected chi connectivity index (χ2v) is 4.88. The molecular formula is C13H19Cl2NO. The zero-order valence-corrected chi connectivity index (χ0v) is 12.0. The van der Waals surface area contributed by atoms with Gasteiger partial charge in [0, 0.05) is 18.7 Å². The molecule has 2 atom stereocenters. The Balaban J connectivity index is 2.63. The highest BCUT2D eigenvalue weighted by Crippen LogP contribution is 2.29. The first-order valence-electron chi connectivity index (χ1n) is 5.84. The standard InChI is InChI=1S/C13H19Cl2NO/c1-4-17-8-9(2)16-10(3)11-6-5-7-12(14)13(11)15/h5-7,9-10,16H,4,8H2,1-3H3. The summed E-state index contributed by atoms with van der Waals surface area (Å²) < 4.78 is 5.36. The molecule has 96 valence electrons. The fourth-order valence-electron chi connectivity index (χ4n) is 1.71. The van der Waals surface area contributed by atoms with Crippen molar-refractivity contribution in [3.05, 3.63) is 33.8 Å². The molecular weight excluding hydrogens is 257 g/mol. The van der Waals surface area contributed by atoms with Gasteiger partial charge in [-0.15, -0.1) is 0 Å². The minimum Gasteiger partial charge on any atom is -0.380 e. The summed E-state index contributed by atoms with van der Waals surface area (Å²) in [6, 6.07) is 6.12. The normalized spacial score (nSPS) is 14.6. The highest BCUT2D eigenvalue weighted by atomic mass is 35.5. The van der Waals surface area contributed by atoms with Gasteiger partial charge in [-0.1, -0.05) is 35.3 Å². The van der Waals surface area contributed by atoms with Crippen LogP contribution in [-0.2, 0) is 4.74 Å². The first-order valence-corrected chi connectivity index (χ1v) is 6.59. The molecule has 0 bridgehead atoms. The Morgan fingerprint density at radius 1 is 1.29 bits per heavy atom. The van der Waals surface area contributed by atoms with E-state index in [0.29, 0.717) is 16.7 Å². The third-order valence-electron chi connectivity index (χ3n) is 2.55. The first-order chi connectivity index (χ1) is 8.06. The largest absolute Gasteiger partial charge is 0.380 e. The average Bonchev–Trinajstić information content (AvgIpc) is 2.29. The summed E-state index contributed by atoms with van der Waals surface area (Å²) in [6.07, 6.45) is 0. The Morgan fingerprint density at radius 3 is 2.65 bits per heavy atom. The lowest BCUT2D eigenvalue weighted by Gasteiger charge is -2.21. The van der Waals surface area contributed by atoms with Crippen LogP contribution in [0.5, 0.6) is 0 Å². The van der Waals surface area contributed by atoms with Gasteiger partial charge >= 0.3 is 0 Å². The molecule has 0 radical (unpaired) electrons. The average molecular weight is 276 g/mol. The van der Waals surface area contributed by atoms with Gasteiger partial charge in [0.25, 0.3) is 0 Å².